The molecule has 1 aromatic heterocycles. The summed E-state index contributed by atoms with van der Waals surface area (Å²) in [6, 6.07) is 14.9. The highest BCUT2D eigenvalue weighted by Gasteiger charge is 2.44. The van der Waals surface area contributed by atoms with E-state index in [1.807, 2.05) is 31.2 Å². The van der Waals surface area contributed by atoms with E-state index in [2.05, 4.69) is 4.98 Å². The molecule has 2 heterocycles. The lowest BCUT2D eigenvalue weighted by atomic mass is 9.90. The second kappa shape index (κ2) is 12.2. The Hall–Kier alpha value is -2.34. The minimum Gasteiger partial charge on any atom is -0.494 e. The van der Waals surface area contributed by atoms with Gasteiger partial charge in [-0.05, 0) is 60.4 Å². The van der Waals surface area contributed by atoms with E-state index in [9.17, 15) is 28.5 Å². The molecule has 0 unspecified atom stereocenters. The van der Waals surface area contributed by atoms with Crippen molar-refractivity contribution < 1.29 is 38.0 Å². The summed E-state index contributed by atoms with van der Waals surface area (Å²) >= 11 is 7.52. The average molecular weight is 570 g/mol. The van der Waals surface area contributed by atoms with E-state index < -0.39 is 42.3 Å². The Bertz CT molecular complexity index is 1210. The van der Waals surface area contributed by atoms with Crippen molar-refractivity contribution in [2.45, 2.75) is 55.1 Å². The topological polar surface area (TPSA) is 92.0 Å². The minimum absolute atomic E-state index is 0.0897. The number of ether oxygens (including phenoxy) is 2. The molecule has 1 fully saturated rings. The molecule has 0 radical (unpaired) electrons. The van der Waals surface area contributed by atoms with Gasteiger partial charge in [0.15, 0.2) is 0 Å². The van der Waals surface area contributed by atoms with Gasteiger partial charge in [0.25, 0.3) is 0 Å². The lowest BCUT2D eigenvalue weighted by molar-refractivity contribution is -0.218. The monoisotopic (exact) mass is 569 g/mol. The Labute approximate surface area is 227 Å². The second-order valence-electron chi connectivity index (χ2n) is 8.87. The summed E-state index contributed by atoms with van der Waals surface area (Å²) in [6.07, 6.45) is -9.43. The number of hydrogen-bond donors (Lipinski definition) is 3. The van der Waals surface area contributed by atoms with E-state index in [0.717, 1.165) is 40.9 Å². The van der Waals surface area contributed by atoms with Crippen LogP contribution in [0, 0.1) is 0 Å². The Morgan fingerprint density at radius 1 is 1.00 bits per heavy atom. The number of aromatic nitrogens is 1. The predicted octanol–water partition coefficient (Wildman–Crippen LogP) is 5.06. The fraction of sp³-hybridized carbons (Fsp3) is 0.370. The number of aliphatic hydroxyl groups excluding tert-OH is 3. The fourth-order valence-corrected chi connectivity index (χ4v) is 5.25. The SMILES string of the molecule is CCOc1ccc(Cc2cc([C@@H]3O[C@H](CSc4ccc(C(F)(F)F)cn4)[C@@H](O)[C@H](O)[C@H]3O)ccc2Cl)cc1. The quantitative estimate of drug-likeness (QED) is 0.327. The first-order valence-electron chi connectivity index (χ1n) is 11.9. The van der Waals surface area contributed by atoms with Gasteiger partial charge >= 0.3 is 6.18 Å². The summed E-state index contributed by atoms with van der Waals surface area (Å²) in [5.74, 6) is 0.852. The lowest BCUT2D eigenvalue weighted by Gasteiger charge is -2.41. The predicted molar refractivity (Wildman–Crippen MR) is 137 cm³/mol. The number of alkyl halides is 3. The third-order valence-corrected chi connectivity index (χ3v) is 7.60. The highest BCUT2D eigenvalue weighted by Crippen LogP contribution is 2.36. The number of thioether (sulfide) groups is 1. The van der Waals surface area contributed by atoms with Crippen molar-refractivity contribution in [2.75, 3.05) is 12.4 Å². The first-order chi connectivity index (χ1) is 18.1. The van der Waals surface area contributed by atoms with Crippen LogP contribution in [0.4, 0.5) is 13.2 Å². The van der Waals surface area contributed by atoms with Crippen molar-refractivity contribution in [1.29, 1.82) is 0 Å². The van der Waals surface area contributed by atoms with Crippen LogP contribution >= 0.6 is 23.4 Å². The number of nitrogens with zero attached hydrogens (tertiary/aromatic N) is 1. The number of aliphatic hydroxyl groups is 3. The van der Waals surface area contributed by atoms with Crippen LogP contribution in [0.3, 0.4) is 0 Å². The van der Waals surface area contributed by atoms with Gasteiger partial charge in [0.2, 0.25) is 0 Å². The van der Waals surface area contributed by atoms with E-state index in [4.69, 9.17) is 21.1 Å². The molecule has 4 rings (SSSR count). The molecule has 0 saturated carbocycles. The normalized spacial score (nSPS) is 23.8. The van der Waals surface area contributed by atoms with E-state index in [1.165, 1.54) is 6.07 Å². The van der Waals surface area contributed by atoms with Crippen LogP contribution in [0.25, 0.3) is 0 Å². The molecule has 0 bridgehead atoms. The smallest absolute Gasteiger partial charge is 0.417 e. The molecule has 0 spiro atoms. The van der Waals surface area contributed by atoms with E-state index in [-0.39, 0.29) is 5.75 Å². The molecule has 2 aromatic carbocycles. The van der Waals surface area contributed by atoms with Crippen LogP contribution in [0.2, 0.25) is 5.02 Å². The fourth-order valence-electron chi connectivity index (χ4n) is 4.16. The average Bonchev–Trinajstić information content (AvgIpc) is 2.89. The molecular formula is C27H27ClF3NO5S. The molecule has 1 saturated heterocycles. The number of benzene rings is 2. The maximum atomic E-state index is 12.8. The third-order valence-electron chi connectivity index (χ3n) is 6.20. The molecule has 1 aliphatic heterocycles. The van der Waals surface area contributed by atoms with E-state index in [0.29, 0.717) is 28.6 Å². The van der Waals surface area contributed by atoms with Crippen molar-refractivity contribution in [1.82, 2.24) is 4.98 Å². The Morgan fingerprint density at radius 3 is 2.37 bits per heavy atom. The molecule has 0 aliphatic carbocycles. The van der Waals surface area contributed by atoms with Crippen molar-refractivity contribution in [3.63, 3.8) is 0 Å². The molecule has 5 atom stereocenters. The van der Waals surface area contributed by atoms with Crippen LogP contribution in [0.1, 0.15) is 35.3 Å². The summed E-state index contributed by atoms with van der Waals surface area (Å²) in [4.78, 5) is 3.81. The Morgan fingerprint density at radius 2 is 1.74 bits per heavy atom. The molecule has 38 heavy (non-hydrogen) atoms. The zero-order valence-electron chi connectivity index (χ0n) is 20.3. The Balaban J connectivity index is 1.48. The highest BCUT2D eigenvalue weighted by atomic mass is 35.5. The van der Waals surface area contributed by atoms with Gasteiger partial charge in [-0.1, -0.05) is 35.9 Å². The van der Waals surface area contributed by atoms with Gasteiger partial charge in [-0.25, -0.2) is 4.98 Å². The van der Waals surface area contributed by atoms with Gasteiger partial charge in [0, 0.05) is 17.0 Å². The van der Waals surface area contributed by atoms with Gasteiger partial charge < -0.3 is 24.8 Å². The zero-order valence-corrected chi connectivity index (χ0v) is 21.9. The van der Waals surface area contributed by atoms with Crippen molar-refractivity contribution >= 4 is 23.4 Å². The highest BCUT2D eigenvalue weighted by molar-refractivity contribution is 7.99. The molecule has 1 aliphatic rings. The molecule has 204 valence electrons. The van der Waals surface area contributed by atoms with E-state index >= 15 is 0 Å². The number of pyridine rings is 1. The standard InChI is InChI=1S/C27H27ClF3NO5S/c1-2-36-19-7-3-15(4-8-19)11-17-12-16(5-9-20(17)28)26-25(35)24(34)23(33)21(37-26)14-38-22-10-6-18(13-32-22)27(29,30)31/h3-10,12-13,21,23-26,33-35H,2,11,14H2,1H3/t21-,23-,24+,25-,26+/m1/s1. The molecule has 3 N–H and O–H groups in total. The van der Waals surface area contributed by atoms with Crippen LogP contribution in [0.5, 0.6) is 5.75 Å². The maximum absolute atomic E-state index is 12.8. The van der Waals surface area contributed by atoms with Crippen LogP contribution in [-0.4, -0.2) is 57.1 Å². The summed E-state index contributed by atoms with van der Waals surface area (Å²) < 4.78 is 49.8. The Kier molecular flexibility index (Phi) is 9.23. The van der Waals surface area contributed by atoms with Gasteiger partial charge in [-0.2, -0.15) is 13.2 Å². The number of hydrogen-bond acceptors (Lipinski definition) is 7. The minimum atomic E-state index is -4.49. The third kappa shape index (κ3) is 6.80. The maximum Gasteiger partial charge on any atom is 0.417 e. The summed E-state index contributed by atoms with van der Waals surface area (Å²) in [5, 5.41) is 32.6. The second-order valence-corrected chi connectivity index (χ2v) is 10.3. The molecule has 11 heteroatoms. The molecule has 0 amide bonds. The number of halogens is 4. The first kappa shape index (κ1) is 28.7. The summed E-state index contributed by atoms with van der Waals surface area (Å²) in [5.41, 5.74) is 1.48. The summed E-state index contributed by atoms with van der Waals surface area (Å²) in [6.45, 7) is 2.48. The first-order valence-corrected chi connectivity index (χ1v) is 13.3. The van der Waals surface area contributed by atoms with Gasteiger partial charge in [-0.15, -0.1) is 11.8 Å². The van der Waals surface area contributed by atoms with Gasteiger partial charge in [-0.3, -0.25) is 0 Å². The van der Waals surface area contributed by atoms with Crippen molar-refractivity contribution in [2.24, 2.45) is 0 Å². The van der Waals surface area contributed by atoms with Crippen LogP contribution < -0.4 is 4.74 Å². The van der Waals surface area contributed by atoms with Crippen molar-refractivity contribution in [3.8, 4) is 5.75 Å². The molecule has 3 aromatic rings. The van der Waals surface area contributed by atoms with Crippen LogP contribution in [0.15, 0.2) is 65.8 Å². The molecule has 6 nitrogen and oxygen atoms in total. The van der Waals surface area contributed by atoms with Gasteiger partial charge in [0.05, 0.1) is 23.3 Å². The van der Waals surface area contributed by atoms with Crippen molar-refractivity contribution in [3.05, 3.63) is 88.1 Å². The van der Waals surface area contributed by atoms with Crippen LogP contribution in [-0.2, 0) is 17.3 Å². The molecular weight excluding hydrogens is 543 g/mol. The number of rotatable bonds is 8. The lowest BCUT2D eigenvalue weighted by Crippen LogP contribution is -2.54. The van der Waals surface area contributed by atoms with Gasteiger partial charge in [0.1, 0.15) is 30.2 Å². The largest absolute Gasteiger partial charge is 0.494 e. The zero-order chi connectivity index (χ0) is 27.4. The van der Waals surface area contributed by atoms with E-state index in [1.54, 1.807) is 18.2 Å². The summed E-state index contributed by atoms with van der Waals surface area (Å²) in [7, 11) is 0.